The summed E-state index contributed by atoms with van der Waals surface area (Å²) in [6.07, 6.45) is 4.14. The van der Waals surface area contributed by atoms with Crippen molar-refractivity contribution >= 4 is 5.91 Å². The Morgan fingerprint density at radius 2 is 2.00 bits per heavy atom. The van der Waals surface area contributed by atoms with Gasteiger partial charge in [0.05, 0.1) is 0 Å². The zero-order valence-electron chi connectivity index (χ0n) is 8.52. The minimum Gasteiger partial charge on any atom is -0.356 e. The van der Waals surface area contributed by atoms with E-state index >= 15 is 0 Å². The Labute approximate surface area is 75.7 Å². The van der Waals surface area contributed by atoms with E-state index < -0.39 is 0 Å². The number of carbonyl (C=O) groups excluding carboxylic acids is 1. The first-order valence-corrected chi connectivity index (χ1v) is 4.93. The van der Waals surface area contributed by atoms with Gasteiger partial charge in [0.25, 0.3) is 0 Å². The molecule has 0 bridgehead atoms. The maximum absolute atomic E-state index is 11.0. The molecule has 0 saturated heterocycles. The van der Waals surface area contributed by atoms with Crippen molar-refractivity contribution < 1.29 is 4.79 Å². The van der Waals surface area contributed by atoms with Crippen LogP contribution in [-0.4, -0.2) is 12.5 Å². The molecule has 0 heterocycles. The number of hydrogen-bond acceptors (Lipinski definition) is 1. The number of unbranched alkanes of at least 4 members (excludes halogenated alkanes) is 1. The predicted octanol–water partition coefficient (Wildman–Crippen LogP) is 2.34. The SMILES string of the molecule is CCNC(=O)CCCCC(C)C. The highest BCUT2D eigenvalue weighted by Gasteiger charge is 1.99. The molecule has 12 heavy (non-hydrogen) atoms. The lowest BCUT2D eigenvalue weighted by Crippen LogP contribution is -2.22. The molecule has 0 aromatic carbocycles. The number of rotatable bonds is 6. The molecule has 0 rings (SSSR count). The van der Waals surface area contributed by atoms with Crippen molar-refractivity contribution in [3.63, 3.8) is 0 Å². The summed E-state index contributed by atoms with van der Waals surface area (Å²) in [4.78, 5) is 11.0. The standard InChI is InChI=1S/C10H21NO/c1-4-11-10(12)8-6-5-7-9(2)3/h9H,4-8H2,1-3H3,(H,11,12). The molecular formula is C10H21NO. The molecule has 2 heteroatoms. The van der Waals surface area contributed by atoms with Crippen LogP contribution >= 0.6 is 0 Å². The van der Waals surface area contributed by atoms with E-state index in [2.05, 4.69) is 19.2 Å². The van der Waals surface area contributed by atoms with Crippen LogP contribution in [0.3, 0.4) is 0 Å². The van der Waals surface area contributed by atoms with Crippen LogP contribution in [-0.2, 0) is 4.79 Å². The summed E-state index contributed by atoms with van der Waals surface area (Å²) in [6, 6.07) is 0. The normalized spacial score (nSPS) is 10.3. The van der Waals surface area contributed by atoms with Crippen LogP contribution in [0.5, 0.6) is 0 Å². The molecule has 0 aliphatic heterocycles. The average Bonchev–Trinajstić information content (AvgIpc) is 1.98. The van der Waals surface area contributed by atoms with Gasteiger partial charge in [0.2, 0.25) is 5.91 Å². The summed E-state index contributed by atoms with van der Waals surface area (Å²) in [7, 11) is 0. The molecule has 0 aliphatic carbocycles. The van der Waals surface area contributed by atoms with Crippen LogP contribution in [0.15, 0.2) is 0 Å². The van der Waals surface area contributed by atoms with Gasteiger partial charge in [-0.2, -0.15) is 0 Å². The van der Waals surface area contributed by atoms with Crippen LogP contribution in [0.1, 0.15) is 46.5 Å². The molecule has 0 aromatic heterocycles. The van der Waals surface area contributed by atoms with Gasteiger partial charge in [-0.1, -0.05) is 26.7 Å². The fourth-order valence-electron chi connectivity index (χ4n) is 1.12. The molecule has 0 fully saturated rings. The Morgan fingerprint density at radius 3 is 2.50 bits per heavy atom. The fourth-order valence-corrected chi connectivity index (χ4v) is 1.12. The molecule has 0 radical (unpaired) electrons. The van der Waals surface area contributed by atoms with Gasteiger partial charge < -0.3 is 5.32 Å². The van der Waals surface area contributed by atoms with Gasteiger partial charge in [-0.15, -0.1) is 0 Å². The van der Waals surface area contributed by atoms with E-state index in [0.29, 0.717) is 6.42 Å². The zero-order valence-corrected chi connectivity index (χ0v) is 8.52. The van der Waals surface area contributed by atoms with Gasteiger partial charge in [-0.3, -0.25) is 4.79 Å². The van der Waals surface area contributed by atoms with Crippen molar-refractivity contribution in [3.05, 3.63) is 0 Å². The van der Waals surface area contributed by atoms with Gasteiger partial charge in [0.15, 0.2) is 0 Å². The van der Waals surface area contributed by atoms with Gasteiger partial charge in [0, 0.05) is 13.0 Å². The lowest BCUT2D eigenvalue weighted by atomic mass is 10.1. The van der Waals surface area contributed by atoms with E-state index in [1.54, 1.807) is 0 Å². The Kier molecular flexibility index (Phi) is 6.82. The third-order valence-electron chi connectivity index (χ3n) is 1.81. The number of amides is 1. The quantitative estimate of drug-likeness (QED) is 0.611. The summed E-state index contributed by atoms with van der Waals surface area (Å²) >= 11 is 0. The molecule has 1 amide bonds. The number of nitrogens with one attached hydrogen (secondary N) is 1. The largest absolute Gasteiger partial charge is 0.356 e. The molecule has 0 atom stereocenters. The van der Waals surface area contributed by atoms with Crippen molar-refractivity contribution in [1.82, 2.24) is 5.32 Å². The van der Waals surface area contributed by atoms with Crippen LogP contribution < -0.4 is 5.32 Å². The first kappa shape index (κ1) is 11.5. The summed E-state index contributed by atoms with van der Waals surface area (Å²) in [5.41, 5.74) is 0. The minimum absolute atomic E-state index is 0.196. The Hall–Kier alpha value is -0.530. The monoisotopic (exact) mass is 171 g/mol. The topological polar surface area (TPSA) is 29.1 Å². The molecule has 72 valence electrons. The maximum Gasteiger partial charge on any atom is 0.219 e. The van der Waals surface area contributed by atoms with E-state index in [1.165, 1.54) is 12.8 Å². The third kappa shape index (κ3) is 7.58. The van der Waals surface area contributed by atoms with Crippen molar-refractivity contribution in [2.75, 3.05) is 6.54 Å². The number of hydrogen-bond donors (Lipinski definition) is 1. The third-order valence-corrected chi connectivity index (χ3v) is 1.81. The van der Waals surface area contributed by atoms with Crippen molar-refractivity contribution in [1.29, 1.82) is 0 Å². The molecule has 1 N–H and O–H groups in total. The lowest BCUT2D eigenvalue weighted by Gasteiger charge is -2.04. The smallest absolute Gasteiger partial charge is 0.219 e. The van der Waals surface area contributed by atoms with Crippen LogP contribution in [0.4, 0.5) is 0 Å². The fraction of sp³-hybridized carbons (Fsp3) is 0.900. The Bertz CT molecular complexity index is 121. The van der Waals surface area contributed by atoms with Crippen LogP contribution in [0.25, 0.3) is 0 Å². The summed E-state index contributed by atoms with van der Waals surface area (Å²) in [5.74, 6) is 0.959. The molecule has 0 aromatic rings. The van der Waals surface area contributed by atoms with E-state index in [9.17, 15) is 4.79 Å². The Balaban J connectivity index is 3.14. The van der Waals surface area contributed by atoms with Crippen LogP contribution in [0.2, 0.25) is 0 Å². The maximum atomic E-state index is 11.0. The lowest BCUT2D eigenvalue weighted by molar-refractivity contribution is -0.121. The van der Waals surface area contributed by atoms with Gasteiger partial charge in [0.1, 0.15) is 0 Å². The molecular weight excluding hydrogens is 150 g/mol. The second-order valence-electron chi connectivity index (χ2n) is 3.59. The summed E-state index contributed by atoms with van der Waals surface area (Å²) < 4.78 is 0. The highest BCUT2D eigenvalue weighted by molar-refractivity contribution is 5.75. The second-order valence-corrected chi connectivity index (χ2v) is 3.59. The Morgan fingerprint density at radius 1 is 1.33 bits per heavy atom. The zero-order chi connectivity index (χ0) is 9.40. The molecule has 0 unspecified atom stereocenters. The van der Waals surface area contributed by atoms with Gasteiger partial charge in [-0.25, -0.2) is 0 Å². The first-order chi connectivity index (χ1) is 5.66. The minimum atomic E-state index is 0.196. The van der Waals surface area contributed by atoms with Crippen molar-refractivity contribution in [2.45, 2.75) is 46.5 Å². The summed E-state index contributed by atoms with van der Waals surface area (Å²) in [6.45, 7) is 7.13. The molecule has 0 spiro atoms. The average molecular weight is 171 g/mol. The van der Waals surface area contributed by atoms with Crippen molar-refractivity contribution in [3.8, 4) is 0 Å². The molecule has 2 nitrogen and oxygen atoms in total. The van der Waals surface area contributed by atoms with Crippen LogP contribution in [0, 0.1) is 5.92 Å². The molecule has 0 saturated carbocycles. The van der Waals surface area contributed by atoms with E-state index in [-0.39, 0.29) is 5.91 Å². The highest BCUT2D eigenvalue weighted by atomic mass is 16.1. The predicted molar refractivity (Wildman–Crippen MR) is 52.0 cm³/mol. The van der Waals surface area contributed by atoms with Crippen molar-refractivity contribution in [2.24, 2.45) is 5.92 Å². The van der Waals surface area contributed by atoms with Gasteiger partial charge in [-0.05, 0) is 19.3 Å². The van der Waals surface area contributed by atoms with Gasteiger partial charge >= 0.3 is 0 Å². The summed E-state index contributed by atoms with van der Waals surface area (Å²) in [5, 5.41) is 2.79. The highest BCUT2D eigenvalue weighted by Crippen LogP contribution is 2.07. The first-order valence-electron chi connectivity index (χ1n) is 4.93. The van der Waals surface area contributed by atoms with E-state index in [4.69, 9.17) is 0 Å². The van der Waals surface area contributed by atoms with E-state index in [1.807, 2.05) is 6.92 Å². The van der Waals surface area contributed by atoms with E-state index in [0.717, 1.165) is 18.9 Å². The molecule has 0 aliphatic rings. The second kappa shape index (κ2) is 7.14. The number of carbonyl (C=O) groups is 1.